The van der Waals surface area contributed by atoms with E-state index in [9.17, 15) is 33.9 Å². The number of fused-ring (bicyclic) bond motifs is 2. The first-order chi connectivity index (χ1) is 43.2. The largest absolute Gasteiger partial charge is 0.508 e. The summed E-state index contributed by atoms with van der Waals surface area (Å²) in [7, 11) is 3.19. The van der Waals surface area contributed by atoms with Gasteiger partial charge in [0.15, 0.2) is 5.82 Å². The quantitative estimate of drug-likeness (QED) is 0.0275. The van der Waals surface area contributed by atoms with Crippen molar-refractivity contribution in [3.63, 3.8) is 0 Å². The van der Waals surface area contributed by atoms with E-state index >= 15 is 4.39 Å². The van der Waals surface area contributed by atoms with Crippen molar-refractivity contribution in [2.45, 2.75) is 103 Å². The van der Waals surface area contributed by atoms with E-state index in [0.717, 1.165) is 38.5 Å². The van der Waals surface area contributed by atoms with Gasteiger partial charge in [-0.2, -0.15) is 4.98 Å². The maximum atomic E-state index is 17.1. The summed E-state index contributed by atoms with van der Waals surface area (Å²) < 4.78 is 40.0. The number of piperazine rings is 1. The number of amides is 5. The molecule has 4 heterocycles. The number of likely N-dealkylation sites (tertiary alicyclic amines) is 1. The number of likely N-dealkylation sites (N-methyl/N-ethyl adjacent to an activating group) is 2. The van der Waals surface area contributed by atoms with Gasteiger partial charge in [0, 0.05) is 88.2 Å². The molecule has 2 aliphatic heterocycles. The predicted octanol–water partition coefficient (Wildman–Crippen LogP) is 9.83. The smallest absolute Gasteiger partial charge is 0.410 e. The van der Waals surface area contributed by atoms with Crippen LogP contribution in [0.4, 0.5) is 21.0 Å². The van der Waals surface area contributed by atoms with Crippen molar-refractivity contribution in [1.29, 1.82) is 0 Å². The second-order valence-corrected chi connectivity index (χ2v) is 25.2. The lowest BCUT2D eigenvalue weighted by Crippen LogP contribution is -2.56. The molecule has 21 nitrogen and oxygen atoms in total. The van der Waals surface area contributed by atoms with Gasteiger partial charge in [0.25, 0.3) is 0 Å². The average molecular weight is 1280 g/mol. The molecule has 9 rings (SSSR count). The van der Waals surface area contributed by atoms with Crippen molar-refractivity contribution in [3.8, 4) is 22.6 Å². The molecular weight excluding hydrogens is 1200 g/mol. The minimum absolute atomic E-state index is 0.00657. The van der Waals surface area contributed by atoms with Gasteiger partial charge in [-0.3, -0.25) is 28.9 Å². The Bertz CT molecular complexity index is 3590. The molecule has 1 saturated carbocycles. The van der Waals surface area contributed by atoms with E-state index in [0.29, 0.717) is 89.5 Å². The van der Waals surface area contributed by atoms with Crippen LogP contribution in [-0.4, -0.2) is 186 Å². The molecule has 0 bridgehead atoms. The summed E-state index contributed by atoms with van der Waals surface area (Å²) in [6.07, 6.45) is 6.70. The minimum atomic E-state index is -0.882. The van der Waals surface area contributed by atoms with E-state index in [1.54, 1.807) is 91.2 Å². The molecule has 4 aromatic carbocycles. The van der Waals surface area contributed by atoms with Crippen LogP contribution in [0, 0.1) is 11.7 Å². The number of phenolic OH excluding ortho intramolecular Hbond substituents is 1. The first-order valence-electron chi connectivity index (χ1n) is 30.7. The summed E-state index contributed by atoms with van der Waals surface area (Å²) in [6, 6.07) is 16.8. The number of carbonyl (C=O) groups excluding carboxylic acids is 6. The summed E-state index contributed by atoms with van der Waals surface area (Å²) in [4.78, 5) is 103. The van der Waals surface area contributed by atoms with Crippen LogP contribution in [0.3, 0.4) is 0 Å². The Labute approximate surface area is 532 Å². The molecule has 24 heteroatoms. The maximum Gasteiger partial charge on any atom is 0.410 e. The number of hydrogen-bond acceptors (Lipinski definition) is 17. The number of ketones is 1. The Morgan fingerprint density at radius 2 is 1.60 bits per heavy atom. The maximum absolute atomic E-state index is 17.1. The van der Waals surface area contributed by atoms with E-state index < -0.39 is 35.5 Å². The van der Waals surface area contributed by atoms with Crippen LogP contribution in [-0.2, 0) is 33.4 Å². The standard InChI is InChI=1S/C66H80ClFN10O11S/c1-8-53(80)76-26-28-77(29-27-76)60-49-39-50(67)55(48-38-45(79)36-43-18-12-13-21-47(43)48)56(68)58(49)72-64(73-60)69-24-23-54(81)74(6)30-31-86-32-33-87-34-35-88-46-20-14-19-44(37-46)59(82)51-40-90-62(70-51)52-22-15-25-78(52)63(84)57(42-16-10-9-11-17-42)71-61(83)41(2)75(7)65(85)89-66(3,4)5/h8,12-14,18-21,36-42,52,57,79H,1,9-11,15-17,22-35H2,2-7H3,(H,71,83)(H,69,72,73)/t41-,52-,57-/m0/s1. The molecule has 1 aliphatic carbocycles. The van der Waals surface area contributed by atoms with Gasteiger partial charge in [-0.05, 0) is 112 Å². The SMILES string of the molecule is C=CC(=O)N1CCN(c2nc(NCCC(=O)N(C)CCOCCOCCOc3cccc(C(=O)c4csc([C@@H]5CCCN5C(=O)[C@@H](NC(=O)[C@H](C)N(C)C(=O)OC(C)(C)C)C5CCCCC5)n4)c3)nc3c(F)c(-c4cc(O)cc5ccccc45)c(Cl)cc23)CC1. The Hall–Kier alpha value is -7.99. The monoisotopic (exact) mass is 1270 g/mol. The Kier molecular flexibility index (Phi) is 22.3. The van der Waals surface area contributed by atoms with Gasteiger partial charge in [0.1, 0.15) is 57.8 Å². The number of phenols is 1. The zero-order chi connectivity index (χ0) is 64.2. The number of rotatable bonds is 25. The minimum Gasteiger partial charge on any atom is -0.508 e. The van der Waals surface area contributed by atoms with Crippen molar-refractivity contribution in [3.05, 3.63) is 112 Å². The number of carbonyl (C=O) groups is 6. The van der Waals surface area contributed by atoms with E-state index in [2.05, 4.69) is 22.2 Å². The van der Waals surface area contributed by atoms with Crippen molar-refractivity contribution >= 4 is 91.9 Å². The molecule has 0 unspecified atom stereocenters. The van der Waals surface area contributed by atoms with Gasteiger partial charge in [0.05, 0.1) is 37.5 Å². The summed E-state index contributed by atoms with van der Waals surface area (Å²) >= 11 is 8.23. The topological polar surface area (TPSA) is 238 Å². The number of aromatic hydroxyl groups is 1. The highest BCUT2D eigenvalue weighted by molar-refractivity contribution is 7.10. The molecule has 2 saturated heterocycles. The molecule has 6 aromatic rings. The molecule has 480 valence electrons. The molecule has 3 fully saturated rings. The first-order valence-corrected chi connectivity index (χ1v) is 32.0. The molecule has 90 heavy (non-hydrogen) atoms. The number of nitrogens with zero attached hydrogens (tertiary/aromatic N) is 8. The number of aromatic nitrogens is 3. The molecular formula is C66H80ClFN10O11S. The molecule has 3 atom stereocenters. The Morgan fingerprint density at radius 1 is 0.867 bits per heavy atom. The lowest BCUT2D eigenvalue weighted by atomic mass is 9.83. The number of nitrogens with one attached hydrogen (secondary N) is 2. The van der Waals surface area contributed by atoms with E-state index in [1.807, 2.05) is 29.2 Å². The highest BCUT2D eigenvalue weighted by atomic mass is 35.5. The van der Waals surface area contributed by atoms with E-state index in [-0.39, 0.29) is 115 Å². The molecule has 3 N–H and O–H groups in total. The van der Waals surface area contributed by atoms with Crippen molar-refractivity contribution in [2.24, 2.45) is 5.92 Å². The van der Waals surface area contributed by atoms with E-state index in [4.69, 9.17) is 40.5 Å². The number of anilines is 2. The summed E-state index contributed by atoms with van der Waals surface area (Å²) in [5.41, 5.74) is 0.368. The summed E-state index contributed by atoms with van der Waals surface area (Å²) in [5.74, 6) is -1.09. The molecule has 2 aromatic heterocycles. The third-order valence-electron chi connectivity index (χ3n) is 16.5. The lowest BCUT2D eigenvalue weighted by Gasteiger charge is -2.36. The lowest BCUT2D eigenvalue weighted by molar-refractivity contribution is -0.140. The number of halogens is 2. The number of hydrogen-bond donors (Lipinski definition) is 3. The molecule has 0 spiro atoms. The zero-order valence-electron chi connectivity index (χ0n) is 51.9. The normalized spacial score (nSPS) is 16.2. The van der Waals surface area contributed by atoms with E-state index in [1.165, 1.54) is 35.4 Å². The summed E-state index contributed by atoms with van der Waals surface area (Å²) in [5, 5.41) is 21.0. The average Bonchev–Trinajstić information content (AvgIpc) is 0.924. The van der Waals surface area contributed by atoms with Crippen LogP contribution in [0.15, 0.2) is 84.8 Å². The van der Waals surface area contributed by atoms with Gasteiger partial charge in [0.2, 0.25) is 35.4 Å². The third-order valence-corrected chi connectivity index (χ3v) is 17.8. The third kappa shape index (κ3) is 16.3. The zero-order valence-corrected chi connectivity index (χ0v) is 53.5. The second kappa shape index (κ2) is 30.2. The predicted molar refractivity (Wildman–Crippen MR) is 344 cm³/mol. The van der Waals surface area contributed by atoms with Gasteiger partial charge in [-0.15, -0.1) is 11.3 Å². The van der Waals surface area contributed by atoms with Crippen LogP contribution in [0.2, 0.25) is 5.02 Å². The Morgan fingerprint density at radius 3 is 2.34 bits per heavy atom. The summed E-state index contributed by atoms with van der Waals surface area (Å²) in [6.45, 7) is 14.3. The van der Waals surface area contributed by atoms with Crippen LogP contribution in [0.1, 0.15) is 106 Å². The van der Waals surface area contributed by atoms with Crippen molar-refractivity contribution in [2.75, 3.05) is 103 Å². The van der Waals surface area contributed by atoms with Gasteiger partial charge in [-0.1, -0.05) is 73.8 Å². The fourth-order valence-corrected chi connectivity index (χ4v) is 12.8. The molecule has 3 aliphatic rings. The number of thiazole rings is 1. The van der Waals surface area contributed by atoms with Gasteiger partial charge >= 0.3 is 6.09 Å². The highest BCUT2D eigenvalue weighted by Crippen LogP contribution is 2.43. The van der Waals surface area contributed by atoms with Crippen molar-refractivity contribution < 1.29 is 57.2 Å². The number of benzene rings is 4. The van der Waals surface area contributed by atoms with Gasteiger partial charge < -0.3 is 54.3 Å². The van der Waals surface area contributed by atoms with Crippen LogP contribution < -0.4 is 20.3 Å². The highest BCUT2D eigenvalue weighted by Gasteiger charge is 2.41. The van der Waals surface area contributed by atoms with Gasteiger partial charge in [-0.25, -0.2) is 19.2 Å². The fraction of sp³-hybridized carbons (Fsp3) is 0.470. The molecule has 0 radical (unpaired) electrons. The van der Waals surface area contributed by atoms with Crippen LogP contribution in [0.5, 0.6) is 11.5 Å². The second-order valence-electron chi connectivity index (χ2n) is 23.9. The fourth-order valence-electron chi connectivity index (χ4n) is 11.5. The number of ether oxygens (including phenoxy) is 4. The van der Waals surface area contributed by atoms with Crippen LogP contribution >= 0.6 is 22.9 Å². The van der Waals surface area contributed by atoms with Crippen molar-refractivity contribution in [1.82, 2.24) is 39.9 Å². The Balaban J connectivity index is 0.715. The molecule has 5 amide bonds. The first kappa shape index (κ1) is 66.4. The van der Waals surface area contributed by atoms with Crippen LogP contribution in [0.25, 0.3) is 32.8 Å².